The summed E-state index contributed by atoms with van der Waals surface area (Å²) in [6.45, 7) is 2.47. The molecule has 1 N–H and O–H groups in total. The van der Waals surface area contributed by atoms with Crippen molar-refractivity contribution in [2.75, 3.05) is 18.0 Å². The Morgan fingerprint density at radius 1 is 1.05 bits per heavy atom. The van der Waals surface area contributed by atoms with E-state index < -0.39 is 0 Å². The van der Waals surface area contributed by atoms with Gasteiger partial charge in [-0.25, -0.2) is 0 Å². The molecule has 1 amide bonds. The van der Waals surface area contributed by atoms with Crippen LogP contribution in [0.15, 0.2) is 65.5 Å². The third-order valence-electron chi connectivity index (χ3n) is 9.71. The lowest BCUT2D eigenvalue weighted by Gasteiger charge is -2.54. The predicted octanol–water partition coefficient (Wildman–Crippen LogP) is 3.99. The van der Waals surface area contributed by atoms with E-state index in [0.29, 0.717) is 32.6 Å². The van der Waals surface area contributed by atoms with E-state index in [4.69, 9.17) is 0 Å². The predicted molar refractivity (Wildman–Crippen MR) is 150 cm³/mol. The zero-order valence-electron chi connectivity index (χ0n) is 22.0. The number of carbonyl (C=O) groups excluding carboxylic acids is 1. The van der Waals surface area contributed by atoms with E-state index in [0.717, 1.165) is 40.7 Å². The number of non-ortho nitro benzene ring substituents is 1. The number of nitro groups is 1. The number of hydrogen-bond acceptors (Lipinski definition) is 5. The summed E-state index contributed by atoms with van der Waals surface area (Å²) in [7, 11) is 0. The maximum atomic E-state index is 14.5. The summed E-state index contributed by atoms with van der Waals surface area (Å²) in [5.74, 6) is 0.0718. The SMILES string of the molecule is O=C([C@@H]1Cc2cc([N+](=O)[O-])ccc2N2CC3CC(Cn4c3cccc4=O)[C@@H]12)N1CCc2[nH]c3ccccc3c2C1. The molecule has 6 heterocycles. The number of anilines is 1. The normalized spacial score (nSPS) is 24.6. The Labute approximate surface area is 230 Å². The van der Waals surface area contributed by atoms with Gasteiger partial charge in [0.1, 0.15) is 0 Å². The zero-order valence-corrected chi connectivity index (χ0v) is 22.0. The number of H-pyrrole nitrogens is 1. The molecule has 2 bridgehead atoms. The number of benzene rings is 2. The van der Waals surface area contributed by atoms with Crippen LogP contribution in [0.1, 0.15) is 34.9 Å². The van der Waals surface area contributed by atoms with E-state index >= 15 is 0 Å². The Hall–Kier alpha value is -4.40. The lowest BCUT2D eigenvalue weighted by Crippen LogP contribution is -2.61. The van der Waals surface area contributed by atoms with E-state index in [1.54, 1.807) is 18.2 Å². The molecule has 0 aliphatic carbocycles. The number of aromatic amines is 1. The fraction of sp³-hybridized carbons (Fsp3) is 0.355. The van der Waals surface area contributed by atoms with Crippen molar-refractivity contribution in [3.8, 4) is 0 Å². The molecule has 0 saturated carbocycles. The standard InChI is InChI=1S/C31H29N5O4/c37-29-7-3-6-27-19-12-20(16-34(27)29)30-23(14-18-13-21(36(39)40)8-9-28(18)35(30)15-19)31(38)33-11-10-26-24(17-33)22-4-1-2-5-25(22)32-26/h1-9,13,19-20,23,30,32H,10-12,14-17H2/t19?,20?,23-,30+/m1/s1. The maximum Gasteiger partial charge on any atom is 0.269 e. The van der Waals surface area contributed by atoms with Gasteiger partial charge in [0.25, 0.3) is 11.2 Å². The quantitative estimate of drug-likeness (QED) is 0.309. The molecule has 2 aromatic heterocycles. The Morgan fingerprint density at radius 3 is 2.80 bits per heavy atom. The Morgan fingerprint density at radius 2 is 1.93 bits per heavy atom. The molecule has 0 radical (unpaired) electrons. The van der Waals surface area contributed by atoms with Crippen molar-refractivity contribution in [2.45, 2.75) is 44.3 Å². The van der Waals surface area contributed by atoms with Gasteiger partial charge in [0.2, 0.25) is 5.91 Å². The Kier molecular flexibility index (Phi) is 5.02. The van der Waals surface area contributed by atoms with Gasteiger partial charge in [-0.2, -0.15) is 0 Å². The van der Waals surface area contributed by atoms with Crippen LogP contribution in [0.5, 0.6) is 0 Å². The molecule has 4 atom stereocenters. The Balaban J connectivity index is 1.20. The van der Waals surface area contributed by atoms with Crippen LogP contribution in [0.25, 0.3) is 10.9 Å². The first-order valence-corrected chi connectivity index (χ1v) is 14.1. The molecule has 4 aliphatic heterocycles. The molecule has 8 rings (SSSR count). The van der Waals surface area contributed by atoms with Gasteiger partial charge in [0, 0.05) is 96.3 Å². The number of nitrogens with one attached hydrogen (secondary N) is 1. The van der Waals surface area contributed by atoms with Gasteiger partial charge in [-0.1, -0.05) is 24.3 Å². The number of carbonyl (C=O) groups is 1. The number of fused-ring (bicyclic) bond motifs is 11. The lowest BCUT2D eigenvalue weighted by atomic mass is 9.69. The molecular weight excluding hydrogens is 506 g/mol. The van der Waals surface area contributed by atoms with Crippen molar-refractivity contribution in [2.24, 2.45) is 11.8 Å². The fourth-order valence-corrected chi connectivity index (χ4v) is 8.03. The second kappa shape index (κ2) is 8.55. The van der Waals surface area contributed by atoms with E-state index in [-0.39, 0.29) is 45.9 Å². The minimum atomic E-state index is -0.361. The molecular formula is C31H29N5O4. The van der Waals surface area contributed by atoms with Gasteiger partial charge in [-0.15, -0.1) is 0 Å². The van der Waals surface area contributed by atoms with Gasteiger partial charge < -0.3 is 19.4 Å². The van der Waals surface area contributed by atoms with Crippen molar-refractivity contribution >= 4 is 28.2 Å². The smallest absolute Gasteiger partial charge is 0.269 e. The van der Waals surface area contributed by atoms with Gasteiger partial charge in [-0.05, 0) is 42.5 Å². The van der Waals surface area contributed by atoms with E-state index in [1.165, 1.54) is 11.3 Å². The van der Waals surface area contributed by atoms with Gasteiger partial charge in [0.15, 0.2) is 0 Å². The first kappa shape index (κ1) is 23.5. The second-order valence-corrected chi connectivity index (χ2v) is 11.8. The minimum absolute atomic E-state index is 0.0123. The van der Waals surface area contributed by atoms with Crippen LogP contribution in [0.4, 0.5) is 11.4 Å². The summed E-state index contributed by atoms with van der Waals surface area (Å²) in [5.41, 5.74) is 6.43. The highest BCUT2D eigenvalue weighted by Gasteiger charge is 2.50. The van der Waals surface area contributed by atoms with Crippen LogP contribution in [0.2, 0.25) is 0 Å². The molecule has 1 fully saturated rings. The third kappa shape index (κ3) is 3.39. The minimum Gasteiger partial charge on any atom is -0.366 e. The summed E-state index contributed by atoms with van der Waals surface area (Å²) in [6, 6.07) is 18.7. The maximum absolute atomic E-state index is 14.5. The number of amides is 1. The number of nitro benzene ring substituents is 1. The third-order valence-corrected chi connectivity index (χ3v) is 9.71. The molecule has 202 valence electrons. The largest absolute Gasteiger partial charge is 0.366 e. The highest BCUT2D eigenvalue weighted by Crippen LogP contribution is 2.48. The van der Waals surface area contributed by atoms with Crippen molar-refractivity contribution in [3.63, 3.8) is 0 Å². The highest BCUT2D eigenvalue weighted by molar-refractivity contribution is 5.87. The molecule has 40 heavy (non-hydrogen) atoms. The summed E-state index contributed by atoms with van der Waals surface area (Å²) in [5, 5.41) is 12.8. The summed E-state index contributed by atoms with van der Waals surface area (Å²) < 4.78 is 1.90. The molecule has 0 spiro atoms. The number of pyridine rings is 1. The van der Waals surface area contributed by atoms with Crippen LogP contribution >= 0.6 is 0 Å². The van der Waals surface area contributed by atoms with Gasteiger partial charge in [-0.3, -0.25) is 19.7 Å². The van der Waals surface area contributed by atoms with Gasteiger partial charge >= 0.3 is 0 Å². The van der Waals surface area contributed by atoms with Crippen LogP contribution in [0.3, 0.4) is 0 Å². The molecule has 2 unspecified atom stereocenters. The zero-order chi connectivity index (χ0) is 27.1. The van der Waals surface area contributed by atoms with E-state index in [9.17, 15) is 19.7 Å². The first-order valence-electron chi connectivity index (χ1n) is 14.1. The molecule has 9 heteroatoms. The van der Waals surface area contributed by atoms with Crippen molar-refractivity contribution < 1.29 is 9.72 Å². The summed E-state index contributed by atoms with van der Waals surface area (Å²) in [4.78, 5) is 46.4. The number of para-hydroxylation sites is 1. The average molecular weight is 536 g/mol. The molecule has 1 saturated heterocycles. The first-order chi connectivity index (χ1) is 19.5. The fourth-order valence-electron chi connectivity index (χ4n) is 8.03. The van der Waals surface area contributed by atoms with Crippen molar-refractivity contribution in [1.82, 2.24) is 14.5 Å². The molecule has 9 nitrogen and oxygen atoms in total. The van der Waals surface area contributed by atoms with Crippen LogP contribution in [0, 0.1) is 22.0 Å². The molecule has 2 aromatic carbocycles. The van der Waals surface area contributed by atoms with E-state index in [2.05, 4.69) is 22.0 Å². The second-order valence-electron chi connectivity index (χ2n) is 11.8. The Bertz CT molecular complexity index is 1770. The topological polar surface area (TPSA) is 104 Å². The molecule has 4 aromatic rings. The average Bonchev–Trinajstić information content (AvgIpc) is 3.34. The summed E-state index contributed by atoms with van der Waals surface area (Å²) in [6.07, 6.45) is 2.17. The van der Waals surface area contributed by atoms with Crippen LogP contribution in [-0.4, -0.2) is 44.4 Å². The highest BCUT2D eigenvalue weighted by atomic mass is 16.6. The van der Waals surface area contributed by atoms with Gasteiger partial charge in [0.05, 0.1) is 10.8 Å². The monoisotopic (exact) mass is 535 g/mol. The number of rotatable bonds is 2. The van der Waals surface area contributed by atoms with Crippen molar-refractivity contribution in [1.29, 1.82) is 0 Å². The summed E-state index contributed by atoms with van der Waals surface area (Å²) >= 11 is 0. The van der Waals surface area contributed by atoms with E-state index in [1.807, 2.05) is 39.8 Å². The number of aromatic nitrogens is 2. The lowest BCUT2D eigenvalue weighted by molar-refractivity contribution is -0.384. The van der Waals surface area contributed by atoms with Crippen LogP contribution in [-0.2, 0) is 30.7 Å². The number of piperidine rings is 1. The number of nitrogens with zero attached hydrogens (tertiary/aromatic N) is 4. The van der Waals surface area contributed by atoms with Crippen molar-refractivity contribution in [3.05, 3.63) is 104 Å². The van der Waals surface area contributed by atoms with Crippen LogP contribution < -0.4 is 10.5 Å². The number of hydrogen-bond donors (Lipinski definition) is 1. The molecule has 4 aliphatic rings.